The van der Waals surface area contributed by atoms with Crippen molar-refractivity contribution in [3.63, 3.8) is 0 Å². The summed E-state index contributed by atoms with van der Waals surface area (Å²) in [6.45, 7) is 4.06. The second-order valence-corrected chi connectivity index (χ2v) is 15.3. The van der Waals surface area contributed by atoms with Gasteiger partial charge in [-0.2, -0.15) is 0 Å². The predicted octanol–water partition coefficient (Wildman–Crippen LogP) is 11.3. The lowest BCUT2D eigenvalue weighted by Gasteiger charge is -2.23. The lowest BCUT2D eigenvalue weighted by molar-refractivity contribution is -0.123. The number of aliphatic hydroxyl groups is 1. The maximum Gasteiger partial charge on any atom is 0.472 e. The fraction of sp³-hybridized carbons (Fsp3) is 0.786. The molecule has 0 saturated heterocycles. The van der Waals surface area contributed by atoms with Crippen LogP contribution in [0.25, 0.3) is 0 Å². The number of rotatable bonds is 38. The summed E-state index contributed by atoms with van der Waals surface area (Å²) in [5.74, 6) is -0.213. The SMILES string of the molecule is CCCCC/C=C/CC/C=C/CC/C=C/C(O)C(COP(=O)(O)OCCN)NC(=O)CCCCCCCCCCC/C=C\CCCCCCCC. The maximum absolute atomic E-state index is 12.7. The maximum atomic E-state index is 12.7. The number of aliphatic hydroxyl groups excluding tert-OH is 1. The molecular formula is C42H79N2O6P. The molecule has 0 saturated carbocycles. The molecule has 0 aromatic rings. The number of carbonyl (C=O) groups excluding carboxylic acids is 1. The Morgan fingerprint density at radius 2 is 1.04 bits per heavy atom. The van der Waals surface area contributed by atoms with E-state index in [-0.39, 0.29) is 25.7 Å². The number of phosphoric ester groups is 1. The van der Waals surface area contributed by atoms with Crippen molar-refractivity contribution in [2.75, 3.05) is 19.8 Å². The Labute approximate surface area is 313 Å². The lowest BCUT2D eigenvalue weighted by Crippen LogP contribution is -2.45. The van der Waals surface area contributed by atoms with Crippen molar-refractivity contribution in [1.82, 2.24) is 5.32 Å². The largest absolute Gasteiger partial charge is 0.472 e. The normalized spacial score (nSPS) is 14.7. The molecule has 1 amide bonds. The Morgan fingerprint density at radius 3 is 1.55 bits per heavy atom. The molecule has 5 N–H and O–H groups in total. The second kappa shape index (κ2) is 38.2. The number of allylic oxidation sites excluding steroid dienone is 7. The summed E-state index contributed by atoms with van der Waals surface area (Å²) >= 11 is 0. The fourth-order valence-electron chi connectivity index (χ4n) is 5.69. The van der Waals surface area contributed by atoms with Crippen molar-refractivity contribution < 1.29 is 28.4 Å². The van der Waals surface area contributed by atoms with Gasteiger partial charge in [-0.3, -0.25) is 13.8 Å². The van der Waals surface area contributed by atoms with Gasteiger partial charge in [0.2, 0.25) is 5.91 Å². The molecule has 0 aliphatic heterocycles. The van der Waals surface area contributed by atoms with E-state index in [0.29, 0.717) is 6.42 Å². The first-order valence-electron chi connectivity index (χ1n) is 20.8. The Morgan fingerprint density at radius 1 is 0.627 bits per heavy atom. The quantitative estimate of drug-likeness (QED) is 0.0282. The van der Waals surface area contributed by atoms with Crippen molar-refractivity contribution in [1.29, 1.82) is 0 Å². The Kier molecular flexibility index (Phi) is 37.0. The van der Waals surface area contributed by atoms with Crippen LogP contribution >= 0.6 is 7.82 Å². The fourth-order valence-corrected chi connectivity index (χ4v) is 6.45. The monoisotopic (exact) mass is 739 g/mol. The Balaban J connectivity index is 4.27. The number of hydrogen-bond acceptors (Lipinski definition) is 6. The van der Waals surface area contributed by atoms with Crippen LogP contribution in [0.3, 0.4) is 0 Å². The predicted molar refractivity (Wildman–Crippen MR) is 217 cm³/mol. The second-order valence-electron chi connectivity index (χ2n) is 13.8. The van der Waals surface area contributed by atoms with Crippen LogP contribution in [0.15, 0.2) is 48.6 Å². The number of unbranched alkanes of at least 4 members (excludes halogenated alkanes) is 20. The number of nitrogens with two attached hydrogens (primary N) is 1. The average molecular weight is 739 g/mol. The van der Waals surface area contributed by atoms with Crippen molar-refractivity contribution >= 4 is 13.7 Å². The van der Waals surface area contributed by atoms with Crippen LogP contribution in [0.2, 0.25) is 0 Å². The molecule has 3 unspecified atom stereocenters. The highest BCUT2D eigenvalue weighted by Crippen LogP contribution is 2.43. The van der Waals surface area contributed by atoms with E-state index in [2.05, 4.69) is 55.6 Å². The average Bonchev–Trinajstić information content (AvgIpc) is 3.12. The highest BCUT2D eigenvalue weighted by atomic mass is 31.2. The van der Waals surface area contributed by atoms with Crippen molar-refractivity contribution in [2.24, 2.45) is 5.73 Å². The summed E-state index contributed by atoms with van der Waals surface area (Å²) in [5.41, 5.74) is 5.36. The van der Waals surface area contributed by atoms with Crippen molar-refractivity contribution in [2.45, 2.75) is 193 Å². The van der Waals surface area contributed by atoms with Crippen LogP contribution < -0.4 is 11.1 Å². The van der Waals surface area contributed by atoms with Gasteiger partial charge in [0.15, 0.2) is 0 Å². The molecule has 298 valence electrons. The smallest absolute Gasteiger partial charge is 0.387 e. The summed E-state index contributed by atoms with van der Waals surface area (Å²) in [7, 11) is -4.35. The molecule has 0 aromatic heterocycles. The number of phosphoric acid groups is 1. The molecule has 3 atom stereocenters. The van der Waals surface area contributed by atoms with Crippen LogP contribution in [0.1, 0.15) is 181 Å². The topological polar surface area (TPSA) is 131 Å². The van der Waals surface area contributed by atoms with Gasteiger partial charge in [0.25, 0.3) is 0 Å². The van der Waals surface area contributed by atoms with Crippen LogP contribution in [0.4, 0.5) is 0 Å². The van der Waals surface area contributed by atoms with Gasteiger partial charge in [-0.05, 0) is 70.6 Å². The number of amides is 1. The van der Waals surface area contributed by atoms with E-state index in [1.165, 1.54) is 109 Å². The van der Waals surface area contributed by atoms with Gasteiger partial charge >= 0.3 is 7.82 Å². The lowest BCUT2D eigenvalue weighted by atomic mass is 10.0. The molecule has 0 aromatic carbocycles. The summed E-state index contributed by atoms with van der Waals surface area (Å²) in [6, 6.07) is -0.883. The van der Waals surface area contributed by atoms with E-state index in [1.54, 1.807) is 6.08 Å². The third kappa shape index (κ3) is 36.6. The molecular weight excluding hydrogens is 659 g/mol. The zero-order chi connectivity index (χ0) is 37.5. The molecule has 51 heavy (non-hydrogen) atoms. The van der Waals surface area contributed by atoms with Gasteiger partial charge in [0.05, 0.1) is 25.4 Å². The van der Waals surface area contributed by atoms with Gasteiger partial charge in [-0.1, -0.05) is 152 Å². The third-order valence-electron chi connectivity index (χ3n) is 8.85. The number of carbonyl (C=O) groups is 1. The van der Waals surface area contributed by atoms with E-state index in [9.17, 15) is 19.4 Å². The van der Waals surface area contributed by atoms with Gasteiger partial charge in [0, 0.05) is 13.0 Å². The molecule has 0 bridgehead atoms. The zero-order valence-electron chi connectivity index (χ0n) is 32.8. The molecule has 9 heteroatoms. The third-order valence-corrected chi connectivity index (χ3v) is 9.84. The highest BCUT2D eigenvalue weighted by molar-refractivity contribution is 7.47. The van der Waals surface area contributed by atoms with Crippen molar-refractivity contribution in [3.8, 4) is 0 Å². The first-order valence-corrected chi connectivity index (χ1v) is 22.3. The Hall–Kier alpha value is -1.54. The number of hydrogen-bond donors (Lipinski definition) is 4. The molecule has 0 spiro atoms. The molecule has 0 aliphatic rings. The van der Waals surface area contributed by atoms with Gasteiger partial charge in [0.1, 0.15) is 0 Å². The molecule has 0 fully saturated rings. The van der Waals surface area contributed by atoms with Crippen molar-refractivity contribution in [3.05, 3.63) is 48.6 Å². The first kappa shape index (κ1) is 49.5. The van der Waals surface area contributed by atoms with E-state index >= 15 is 0 Å². The molecule has 0 rings (SSSR count). The highest BCUT2D eigenvalue weighted by Gasteiger charge is 2.26. The zero-order valence-corrected chi connectivity index (χ0v) is 33.7. The van der Waals surface area contributed by atoms with E-state index in [4.69, 9.17) is 14.8 Å². The first-order chi connectivity index (χ1) is 24.9. The molecule has 0 heterocycles. The number of nitrogens with one attached hydrogen (secondary N) is 1. The summed E-state index contributed by atoms with van der Waals surface area (Å²) < 4.78 is 22.0. The summed E-state index contributed by atoms with van der Waals surface area (Å²) in [6.07, 6.45) is 45.9. The van der Waals surface area contributed by atoms with Gasteiger partial charge in [-0.15, -0.1) is 0 Å². The minimum absolute atomic E-state index is 0.0703. The van der Waals surface area contributed by atoms with E-state index in [0.717, 1.165) is 51.4 Å². The summed E-state index contributed by atoms with van der Waals surface area (Å²) in [4.78, 5) is 22.6. The van der Waals surface area contributed by atoms with Crippen LogP contribution in [-0.2, 0) is 18.4 Å². The summed E-state index contributed by atoms with van der Waals surface area (Å²) in [5, 5.41) is 13.6. The van der Waals surface area contributed by atoms with Gasteiger partial charge < -0.3 is 21.1 Å². The molecule has 8 nitrogen and oxygen atoms in total. The van der Waals surface area contributed by atoms with Gasteiger partial charge in [-0.25, -0.2) is 4.57 Å². The van der Waals surface area contributed by atoms with Crippen LogP contribution in [0.5, 0.6) is 0 Å². The minimum Gasteiger partial charge on any atom is -0.387 e. The van der Waals surface area contributed by atoms with Crippen LogP contribution in [-0.4, -0.2) is 47.8 Å². The van der Waals surface area contributed by atoms with E-state index < -0.39 is 20.0 Å². The van der Waals surface area contributed by atoms with Crippen LogP contribution in [0, 0.1) is 0 Å². The molecule has 0 aliphatic carbocycles. The standard InChI is InChI=1S/C42H79N2O6P/c1-3-5-7-9-11-13-15-17-18-19-20-21-22-24-26-28-30-32-34-36-42(46)44-40(39-50-51(47,48)49-38-37-43)41(45)35-33-31-29-27-25-23-16-14-12-10-8-6-4-2/h12,14,17-18,25,27,33,35,40-41,45H,3-11,13,15-16,19-24,26,28-32,34,36-39,43H2,1-2H3,(H,44,46)(H,47,48)/b14-12+,18-17-,27-25+,35-33+. The van der Waals surface area contributed by atoms with E-state index in [1.807, 2.05) is 6.08 Å². The molecule has 0 radical (unpaired) electrons. The Bertz CT molecular complexity index is 938. The minimum atomic E-state index is -4.35.